The molecule has 11 heteroatoms. The van der Waals surface area contributed by atoms with Crippen molar-refractivity contribution >= 4 is 34.3 Å². The summed E-state index contributed by atoms with van der Waals surface area (Å²) in [5.41, 5.74) is 0.823. The van der Waals surface area contributed by atoms with Crippen LogP contribution in [0.3, 0.4) is 0 Å². The van der Waals surface area contributed by atoms with Crippen molar-refractivity contribution in [3.05, 3.63) is 29.2 Å². The van der Waals surface area contributed by atoms with Crippen LogP contribution < -0.4 is 5.32 Å². The maximum Gasteiger partial charge on any atom is 0.522 e. The van der Waals surface area contributed by atoms with Crippen LogP contribution in [0.4, 0.5) is 13.2 Å². The van der Waals surface area contributed by atoms with Crippen molar-refractivity contribution < 1.29 is 27.5 Å². The summed E-state index contributed by atoms with van der Waals surface area (Å²) in [5.74, 6) is -0.997. The first kappa shape index (κ1) is 19.4. The molecule has 1 saturated heterocycles. The van der Waals surface area contributed by atoms with Crippen molar-refractivity contribution in [3.63, 3.8) is 0 Å². The van der Waals surface area contributed by atoms with Gasteiger partial charge in [0.15, 0.2) is 0 Å². The summed E-state index contributed by atoms with van der Waals surface area (Å²) >= 11 is 5.80. The molecule has 0 spiro atoms. The van der Waals surface area contributed by atoms with Gasteiger partial charge in [-0.3, -0.25) is 14.3 Å². The zero-order valence-corrected chi connectivity index (χ0v) is 14.9. The monoisotopic (exact) mass is 404 g/mol. The van der Waals surface area contributed by atoms with Gasteiger partial charge in [-0.25, -0.2) is 4.98 Å². The van der Waals surface area contributed by atoms with E-state index in [-0.39, 0.29) is 30.4 Å². The van der Waals surface area contributed by atoms with Crippen LogP contribution in [0.2, 0.25) is 5.15 Å². The van der Waals surface area contributed by atoms with Gasteiger partial charge >= 0.3 is 6.36 Å². The van der Waals surface area contributed by atoms with E-state index in [1.807, 2.05) is 0 Å². The van der Waals surface area contributed by atoms with Crippen LogP contribution in [-0.2, 0) is 9.53 Å². The van der Waals surface area contributed by atoms with E-state index in [1.54, 1.807) is 12.1 Å². The number of nitrogens with one attached hydrogen (secondary N) is 2. The van der Waals surface area contributed by atoms with E-state index in [9.17, 15) is 22.8 Å². The molecule has 2 aromatic rings. The number of pyridine rings is 1. The highest BCUT2D eigenvalue weighted by atomic mass is 35.5. The van der Waals surface area contributed by atoms with Crippen LogP contribution in [0.1, 0.15) is 23.8 Å². The lowest BCUT2D eigenvalue weighted by molar-refractivity contribution is -0.340. The second-order valence-electron chi connectivity index (χ2n) is 6.23. The summed E-state index contributed by atoms with van der Waals surface area (Å²) < 4.78 is 40.8. The number of alkyl halides is 3. The molecule has 1 fully saturated rings. The summed E-state index contributed by atoms with van der Waals surface area (Å²) in [7, 11) is 0. The molecule has 2 N–H and O–H groups in total. The minimum atomic E-state index is -4.74. The molecule has 3 heterocycles. The molecule has 146 valence electrons. The molecule has 2 amide bonds. The van der Waals surface area contributed by atoms with Crippen molar-refractivity contribution in [3.8, 4) is 0 Å². The molecular formula is C16H16ClF3N4O3. The number of carbonyl (C=O) groups excluding carboxylic acids is 2. The number of ether oxygens (including phenoxy) is 1. The van der Waals surface area contributed by atoms with E-state index in [0.717, 1.165) is 0 Å². The quantitative estimate of drug-likeness (QED) is 0.766. The van der Waals surface area contributed by atoms with Crippen LogP contribution >= 0.6 is 11.6 Å². The Morgan fingerprint density at radius 1 is 1.44 bits per heavy atom. The Balaban J connectivity index is 1.59. The standard InChI is InChI=1S/C16H16ClF3N4O3/c1-8(15(26)24-3-2-10(7-24)27-16(18,19)20)22-14(25)11-4-9-5-13(17)21-6-12(9)23-11/h4-6,8,10,23H,2-3,7H2,1H3,(H,22,25)/t8-,10+/m0/s1. The fourth-order valence-electron chi connectivity index (χ4n) is 2.95. The smallest absolute Gasteiger partial charge is 0.349 e. The second-order valence-corrected chi connectivity index (χ2v) is 6.62. The molecule has 2 aromatic heterocycles. The molecule has 1 aliphatic heterocycles. The second kappa shape index (κ2) is 7.35. The van der Waals surface area contributed by atoms with Crippen molar-refractivity contribution in [1.29, 1.82) is 0 Å². The lowest BCUT2D eigenvalue weighted by Crippen LogP contribution is -2.46. The van der Waals surface area contributed by atoms with Gasteiger partial charge < -0.3 is 15.2 Å². The predicted octanol–water partition coefficient (Wildman–Crippen LogP) is 2.47. The third-order valence-corrected chi connectivity index (χ3v) is 4.40. The Kier molecular flexibility index (Phi) is 5.29. The first-order valence-corrected chi connectivity index (χ1v) is 8.48. The van der Waals surface area contributed by atoms with Crippen molar-refractivity contribution in [2.75, 3.05) is 13.1 Å². The molecule has 0 aromatic carbocycles. The first-order chi connectivity index (χ1) is 12.6. The van der Waals surface area contributed by atoms with E-state index in [0.29, 0.717) is 10.9 Å². The highest BCUT2D eigenvalue weighted by Gasteiger charge is 2.38. The Morgan fingerprint density at radius 2 is 2.19 bits per heavy atom. The fraction of sp³-hybridized carbons (Fsp3) is 0.438. The maximum atomic E-state index is 12.4. The topological polar surface area (TPSA) is 87.3 Å². The summed E-state index contributed by atoms with van der Waals surface area (Å²) in [4.78, 5) is 32.7. The summed E-state index contributed by atoms with van der Waals surface area (Å²) in [5, 5.41) is 3.50. The molecule has 0 aliphatic carbocycles. The van der Waals surface area contributed by atoms with E-state index in [1.165, 1.54) is 18.0 Å². The number of amides is 2. The van der Waals surface area contributed by atoms with Crippen LogP contribution in [0.15, 0.2) is 18.3 Å². The molecule has 27 heavy (non-hydrogen) atoms. The zero-order valence-electron chi connectivity index (χ0n) is 14.1. The van der Waals surface area contributed by atoms with Crippen molar-refractivity contribution in [2.45, 2.75) is 31.9 Å². The van der Waals surface area contributed by atoms with Gasteiger partial charge in [0.2, 0.25) is 5.91 Å². The SMILES string of the molecule is C[C@H](NC(=O)c1cc2cc(Cl)ncc2[nH]1)C(=O)N1CC[C@@H](OC(F)(F)F)C1. The van der Waals surface area contributed by atoms with Gasteiger partial charge in [0.05, 0.1) is 17.8 Å². The number of nitrogens with zero attached hydrogens (tertiary/aromatic N) is 2. The molecule has 0 saturated carbocycles. The number of likely N-dealkylation sites (tertiary alicyclic amines) is 1. The summed E-state index contributed by atoms with van der Waals surface area (Å²) in [6.45, 7) is 1.44. The van der Waals surface area contributed by atoms with Crippen LogP contribution in [-0.4, -0.2) is 58.3 Å². The van der Waals surface area contributed by atoms with Crippen LogP contribution in [0.25, 0.3) is 10.9 Å². The minimum absolute atomic E-state index is 0.0850. The molecule has 7 nitrogen and oxygen atoms in total. The Labute approximate surface area is 156 Å². The maximum absolute atomic E-state index is 12.4. The number of fused-ring (bicyclic) bond motifs is 1. The normalized spacial score (nSPS) is 18.7. The van der Waals surface area contributed by atoms with E-state index in [4.69, 9.17) is 11.6 Å². The molecular weight excluding hydrogens is 389 g/mol. The number of aromatic amines is 1. The Bertz CT molecular complexity index is 870. The number of hydrogen-bond donors (Lipinski definition) is 2. The predicted molar refractivity (Wildman–Crippen MR) is 90.2 cm³/mol. The molecule has 3 rings (SSSR count). The number of H-pyrrole nitrogens is 1. The van der Waals surface area contributed by atoms with Gasteiger partial charge in [-0.05, 0) is 25.5 Å². The Morgan fingerprint density at radius 3 is 2.89 bits per heavy atom. The van der Waals surface area contributed by atoms with Crippen LogP contribution in [0.5, 0.6) is 0 Å². The molecule has 0 unspecified atom stereocenters. The Hall–Kier alpha value is -2.33. The number of hydrogen-bond acceptors (Lipinski definition) is 4. The van der Waals surface area contributed by atoms with Gasteiger partial charge in [-0.1, -0.05) is 11.6 Å². The molecule has 0 bridgehead atoms. The first-order valence-electron chi connectivity index (χ1n) is 8.11. The van der Waals surface area contributed by atoms with E-state index in [2.05, 4.69) is 20.0 Å². The van der Waals surface area contributed by atoms with E-state index >= 15 is 0 Å². The molecule has 1 aliphatic rings. The number of aromatic nitrogens is 2. The van der Waals surface area contributed by atoms with Gasteiger partial charge in [0.1, 0.15) is 16.9 Å². The molecule has 2 atom stereocenters. The number of rotatable bonds is 4. The van der Waals surface area contributed by atoms with Gasteiger partial charge in [-0.2, -0.15) is 0 Å². The number of halogens is 4. The average molecular weight is 405 g/mol. The van der Waals surface area contributed by atoms with Crippen molar-refractivity contribution in [2.24, 2.45) is 0 Å². The summed E-state index contributed by atoms with van der Waals surface area (Å²) in [6.07, 6.45) is -4.27. The lowest BCUT2D eigenvalue weighted by atomic mass is 10.2. The largest absolute Gasteiger partial charge is 0.522 e. The van der Waals surface area contributed by atoms with E-state index < -0.39 is 30.3 Å². The highest BCUT2D eigenvalue weighted by Crippen LogP contribution is 2.24. The average Bonchev–Trinajstić information content (AvgIpc) is 3.18. The minimum Gasteiger partial charge on any atom is -0.349 e. The number of carbonyl (C=O) groups is 2. The van der Waals surface area contributed by atoms with Gasteiger partial charge in [0.25, 0.3) is 5.91 Å². The van der Waals surface area contributed by atoms with Crippen molar-refractivity contribution in [1.82, 2.24) is 20.2 Å². The summed E-state index contributed by atoms with van der Waals surface area (Å²) in [6, 6.07) is 2.25. The van der Waals surface area contributed by atoms with Gasteiger partial charge in [0, 0.05) is 18.5 Å². The highest BCUT2D eigenvalue weighted by molar-refractivity contribution is 6.30. The lowest BCUT2D eigenvalue weighted by Gasteiger charge is -2.21. The third kappa shape index (κ3) is 4.69. The zero-order chi connectivity index (χ0) is 19.8. The fourth-order valence-corrected chi connectivity index (χ4v) is 3.12. The van der Waals surface area contributed by atoms with Crippen LogP contribution in [0, 0.1) is 0 Å². The van der Waals surface area contributed by atoms with Gasteiger partial charge in [-0.15, -0.1) is 13.2 Å². The molecule has 0 radical (unpaired) electrons. The third-order valence-electron chi connectivity index (χ3n) is 4.19.